The van der Waals surface area contributed by atoms with Crippen molar-refractivity contribution in [3.05, 3.63) is 0 Å². The molecule has 0 amide bonds. The summed E-state index contributed by atoms with van der Waals surface area (Å²) in [7, 11) is -6.63. The maximum Gasteiger partial charge on any atom is 0.215 e. The van der Waals surface area contributed by atoms with Crippen molar-refractivity contribution in [2.45, 2.75) is 24.1 Å². The third-order valence-electron chi connectivity index (χ3n) is 3.02. The van der Waals surface area contributed by atoms with Gasteiger partial charge < -0.3 is 5.32 Å². The van der Waals surface area contributed by atoms with E-state index in [0.29, 0.717) is 6.54 Å². The van der Waals surface area contributed by atoms with Gasteiger partial charge in [0.25, 0.3) is 0 Å². The Balaban J connectivity index is 2.02. The number of nitrogens with one attached hydrogen (secondary N) is 2. The molecule has 0 spiro atoms. The summed E-state index contributed by atoms with van der Waals surface area (Å²) in [5.74, 6) is -0.246. The fourth-order valence-corrected chi connectivity index (χ4v) is 6.41. The molecule has 2 fully saturated rings. The molecule has 94 valence electrons. The zero-order valence-corrected chi connectivity index (χ0v) is 10.5. The van der Waals surface area contributed by atoms with Crippen LogP contribution in [0.25, 0.3) is 0 Å². The van der Waals surface area contributed by atoms with Crippen molar-refractivity contribution in [2.24, 2.45) is 0 Å². The van der Waals surface area contributed by atoms with Crippen LogP contribution in [0.2, 0.25) is 0 Å². The second-order valence-electron chi connectivity index (χ2n) is 4.38. The van der Waals surface area contributed by atoms with E-state index in [1.165, 1.54) is 0 Å². The highest BCUT2D eigenvalue weighted by atomic mass is 32.2. The molecule has 2 heterocycles. The minimum Gasteiger partial charge on any atom is -0.315 e. The lowest BCUT2D eigenvalue weighted by Crippen LogP contribution is -2.42. The zero-order chi connectivity index (χ0) is 11.8. The van der Waals surface area contributed by atoms with E-state index in [2.05, 4.69) is 10.0 Å². The SMILES string of the molecule is O=S1(=O)CCC(S(=O)(=O)NC2CCNC2)C1. The molecule has 2 atom stereocenters. The average molecular weight is 268 g/mol. The van der Waals surface area contributed by atoms with Crippen molar-refractivity contribution >= 4 is 19.9 Å². The molecule has 6 nitrogen and oxygen atoms in total. The van der Waals surface area contributed by atoms with Gasteiger partial charge in [0.15, 0.2) is 9.84 Å². The van der Waals surface area contributed by atoms with Crippen LogP contribution in [0, 0.1) is 0 Å². The van der Waals surface area contributed by atoms with Crippen LogP contribution in [0.3, 0.4) is 0 Å². The van der Waals surface area contributed by atoms with Gasteiger partial charge in [0.2, 0.25) is 10.0 Å². The van der Waals surface area contributed by atoms with Gasteiger partial charge in [-0.25, -0.2) is 21.6 Å². The molecular formula is C8H16N2O4S2. The molecule has 2 aliphatic heterocycles. The predicted molar refractivity (Wildman–Crippen MR) is 60.4 cm³/mol. The topological polar surface area (TPSA) is 92.3 Å². The lowest BCUT2D eigenvalue weighted by Gasteiger charge is -2.15. The molecule has 0 bridgehead atoms. The van der Waals surface area contributed by atoms with Crippen LogP contribution in [0.5, 0.6) is 0 Å². The summed E-state index contributed by atoms with van der Waals surface area (Å²) >= 11 is 0. The maximum absolute atomic E-state index is 11.9. The molecule has 16 heavy (non-hydrogen) atoms. The first-order valence-electron chi connectivity index (χ1n) is 5.31. The van der Waals surface area contributed by atoms with E-state index in [-0.39, 0.29) is 24.0 Å². The van der Waals surface area contributed by atoms with Crippen LogP contribution in [0.1, 0.15) is 12.8 Å². The Morgan fingerprint density at radius 3 is 2.50 bits per heavy atom. The average Bonchev–Trinajstić information content (AvgIpc) is 2.74. The summed E-state index contributed by atoms with van der Waals surface area (Å²) in [5, 5.41) is 2.29. The van der Waals surface area contributed by atoms with Crippen LogP contribution >= 0.6 is 0 Å². The fourth-order valence-electron chi connectivity index (χ4n) is 2.09. The van der Waals surface area contributed by atoms with Crippen LogP contribution in [0.15, 0.2) is 0 Å². The molecular weight excluding hydrogens is 252 g/mol. The molecule has 2 aliphatic rings. The van der Waals surface area contributed by atoms with E-state index >= 15 is 0 Å². The van der Waals surface area contributed by atoms with Crippen LogP contribution < -0.4 is 10.0 Å². The van der Waals surface area contributed by atoms with Crippen molar-refractivity contribution in [1.29, 1.82) is 0 Å². The number of hydrogen-bond donors (Lipinski definition) is 2. The van der Waals surface area contributed by atoms with Gasteiger partial charge in [-0.3, -0.25) is 0 Å². The van der Waals surface area contributed by atoms with E-state index in [4.69, 9.17) is 0 Å². The van der Waals surface area contributed by atoms with Crippen LogP contribution in [0.4, 0.5) is 0 Å². The quantitative estimate of drug-likeness (QED) is 0.647. The van der Waals surface area contributed by atoms with Gasteiger partial charge in [0.1, 0.15) is 0 Å². The van der Waals surface area contributed by atoms with Gasteiger partial charge in [-0.1, -0.05) is 0 Å². The minimum atomic E-state index is -3.48. The van der Waals surface area contributed by atoms with Gasteiger partial charge in [0, 0.05) is 12.6 Å². The molecule has 0 radical (unpaired) electrons. The highest BCUT2D eigenvalue weighted by molar-refractivity contribution is 7.95. The predicted octanol–water partition coefficient (Wildman–Crippen LogP) is -1.55. The summed E-state index contributed by atoms with van der Waals surface area (Å²) in [6, 6.07) is -0.0895. The van der Waals surface area contributed by atoms with E-state index in [1.807, 2.05) is 0 Å². The van der Waals surface area contributed by atoms with E-state index < -0.39 is 25.1 Å². The summed E-state index contributed by atoms with van der Waals surface area (Å²) in [4.78, 5) is 0. The van der Waals surface area contributed by atoms with Crippen LogP contribution in [-0.2, 0) is 19.9 Å². The van der Waals surface area contributed by atoms with Crippen molar-refractivity contribution in [3.63, 3.8) is 0 Å². The Labute approximate surface area is 95.8 Å². The summed E-state index contributed by atoms with van der Waals surface area (Å²) < 4.78 is 48.8. The second kappa shape index (κ2) is 4.25. The smallest absolute Gasteiger partial charge is 0.215 e. The Morgan fingerprint density at radius 2 is 2.00 bits per heavy atom. The summed E-state index contributed by atoms with van der Waals surface area (Å²) in [6.45, 7) is 1.43. The highest BCUT2D eigenvalue weighted by Gasteiger charge is 2.38. The largest absolute Gasteiger partial charge is 0.315 e. The highest BCUT2D eigenvalue weighted by Crippen LogP contribution is 2.18. The van der Waals surface area contributed by atoms with E-state index in [1.54, 1.807) is 0 Å². The van der Waals surface area contributed by atoms with Crippen molar-refractivity contribution in [2.75, 3.05) is 24.6 Å². The van der Waals surface area contributed by atoms with E-state index in [0.717, 1.165) is 13.0 Å². The number of hydrogen-bond acceptors (Lipinski definition) is 5. The maximum atomic E-state index is 11.9. The minimum absolute atomic E-state index is 0.0124. The third kappa shape index (κ3) is 2.73. The third-order valence-corrected chi connectivity index (χ3v) is 6.94. The standard InChI is InChI=1S/C8H16N2O4S2/c11-15(12)4-2-8(6-15)16(13,14)10-7-1-3-9-5-7/h7-10H,1-6H2. The first-order valence-corrected chi connectivity index (χ1v) is 8.68. The molecule has 2 N–H and O–H groups in total. The zero-order valence-electron chi connectivity index (χ0n) is 8.85. The number of sulfonamides is 1. The number of sulfone groups is 1. The van der Waals surface area contributed by atoms with E-state index in [9.17, 15) is 16.8 Å². The molecule has 2 saturated heterocycles. The molecule has 2 rings (SSSR count). The van der Waals surface area contributed by atoms with Crippen molar-refractivity contribution < 1.29 is 16.8 Å². The summed E-state index contributed by atoms with van der Waals surface area (Å²) in [6.07, 6.45) is 0.983. The van der Waals surface area contributed by atoms with Gasteiger partial charge in [-0.2, -0.15) is 0 Å². The van der Waals surface area contributed by atoms with Crippen molar-refractivity contribution in [3.8, 4) is 0 Å². The van der Waals surface area contributed by atoms with Crippen molar-refractivity contribution in [1.82, 2.24) is 10.0 Å². The van der Waals surface area contributed by atoms with Gasteiger partial charge in [0.05, 0.1) is 16.8 Å². The molecule has 0 aromatic rings. The molecule has 2 unspecified atom stereocenters. The second-order valence-corrected chi connectivity index (χ2v) is 8.60. The Hall–Kier alpha value is -0.180. The Kier molecular flexibility index (Phi) is 3.26. The van der Waals surface area contributed by atoms with Gasteiger partial charge >= 0.3 is 0 Å². The molecule has 8 heteroatoms. The lowest BCUT2D eigenvalue weighted by molar-refractivity contribution is 0.548. The van der Waals surface area contributed by atoms with Gasteiger partial charge in [-0.05, 0) is 19.4 Å². The Bertz CT molecular complexity index is 450. The molecule has 0 aromatic carbocycles. The number of rotatable bonds is 3. The summed E-state index contributed by atoms with van der Waals surface area (Å²) in [5.41, 5.74) is 0. The lowest BCUT2D eigenvalue weighted by atomic mass is 10.3. The molecule has 0 aliphatic carbocycles. The normalized spacial score (nSPS) is 34.2. The first-order chi connectivity index (χ1) is 7.39. The van der Waals surface area contributed by atoms with Gasteiger partial charge in [-0.15, -0.1) is 0 Å². The fraction of sp³-hybridized carbons (Fsp3) is 1.00. The first kappa shape index (κ1) is 12.3. The monoisotopic (exact) mass is 268 g/mol. The Morgan fingerprint density at radius 1 is 1.25 bits per heavy atom. The van der Waals surface area contributed by atoms with Crippen LogP contribution in [-0.4, -0.2) is 52.7 Å². The molecule has 0 aromatic heterocycles. The molecule has 0 saturated carbocycles.